The quantitative estimate of drug-likeness (QED) is 0.701. The van der Waals surface area contributed by atoms with E-state index in [4.69, 9.17) is 5.11 Å². The van der Waals surface area contributed by atoms with Gasteiger partial charge in [-0.2, -0.15) is 0 Å². The maximum absolute atomic E-state index is 11.9. The Morgan fingerprint density at radius 1 is 1.32 bits per heavy atom. The summed E-state index contributed by atoms with van der Waals surface area (Å²) in [5.74, 6) is -1.17. The largest absolute Gasteiger partial charge is 0.480 e. The number of hydrogen-bond donors (Lipinski definition) is 3. The molecule has 3 N–H and O–H groups in total. The molecule has 0 fully saturated rings. The molecule has 1 aromatic carbocycles. The summed E-state index contributed by atoms with van der Waals surface area (Å²) in [5, 5.41) is 12.8. The van der Waals surface area contributed by atoms with Crippen molar-refractivity contribution in [3.8, 4) is 0 Å². The second kappa shape index (κ2) is 7.64. The summed E-state index contributed by atoms with van der Waals surface area (Å²) >= 11 is 0. The van der Waals surface area contributed by atoms with E-state index in [1.807, 2.05) is 37.4 Å². The molecular weight excluding hydrogens is 280 g/mol. The van der Waals surface area contributed by atoms with Crippen molar-refractivity contribution in [2.24, 2.45) is 0 Å². The number of benzene rings is 1. The van der Waals surface area contributed by atoms with Gasteiger partial charge in [0.2, 0.25) is 5.91 Å². The molecule has 5 heteroatoms. The van der Waals surface area contributed by atoms with Crippen LogP contribution in [0.2, 0.25) is 0 Å². The van der Waals surface area contributed by atoms with E-state index in [0.717, 1.165) is 29.3 Å². The molecule has 22 heavy (non-hydrogen) atoms. The van der Waals surface area contributed by atoms with Gasteiger partial charge in [0.1, 0.15) is 6.04 Å². The number of carbonyl (C=O) groups excluding carboxylic acids is 1. The lowest BCUT2D eigenvalue weighted by Gasteiger charge is -2.14. The van der Waals surface area contributed by atoms with Gasteiger partial charge in [-0.05, 0) is 42.0 Å². The van der Waals surface area contributed by atoms with E-state index in [1.54, 1.807) is 0 Å². The van der Waals surface area contributed by atoms with Crippen LogP contribution in [0.25, 0.3) is 10.9 Å². The summed E-state index contributed by atoms with van der Waals surface area (Å²) in [6.07, 6.45) is 4.97. The Labute approximate surface area is 129 Å². The molecule has 0 aliphatic heterocycles. The predicted octanol–water partition coefficient (Wildman–Crippen LogP) is 2.86. The van der Waals surface area contributed by atoms with Crippen molar-refractivity contribution in [2.45, 2.75) is 45.1 Å². The summed E-state index contributed by atoms with van der Waals surface area (Å²) in [5.41, 5.74) is 2.14. The first kappa shape index (κ1) is 16.1. The summed E-state index contributed by atoms with van der Waals surface area (Å²) in [6.45, 7) is 2.00. The maximum atomic E-state index is 11.9. The van der Waals surface area contributed by atoms with Gasteiger partial charge in [0.25, 0.3) is 0 Å². The van der Waals surface area contributed by atoms with Crippen LogP contribution in [0.15, 0.2) is 30.5 Å². The molecule has 118 valence electrons. The van der Waals surface area contributed by atoms with Crippen molar-refractivity contribution in [2.75, 3.05) is 0 Å². The van der Waals surface area contributed by atoms with E-state index in [9.17, 15) is 9.59 Å². The van der Waals surface area contributed by atoms with Crippen molar-refractivity contribution in [1.82, 2.24) is 10.3 Å². The fraction of sp³-hybridized carbons (Fsp3) is 0.412. The van der Waals surface area contributed by atoms with Crippen molar-refractivity contribution in [3.63, 3.8) is 0 Å². The maximum Gasteiger partial charge on any atom is 0.326 e. The Kier molecular flexibility index (Phi) is 5.58. The van der Waals surface area contributed by atoms with Gasteiger partial charge < -0.3 is 15.4 Å². The molecule has 5 nitrogen and oxygen atoms in total. The van der Waals surface area contributed by atoms with Crippen LogP contribution in [0.4, 0.5) is 0 Å². The molecule has 1 unspecified atom stereocenters. The standard InChI is InChI=1S/C17H22N2O3/c1-2-3-4-15(17(21)22)19-16(20)8-6-12-5-7-14-13(11-12)9-10-18-14/h5,7,9-11,15,18H,2-4,6,8H2,1H3,(H,19,20)(H,21,22). The van der Waals surface area contributed by atoms with Gasteiger partial charge in [-0.25, -0.2) is 4.79 Å². The smallest absolute Gasteiger partial charge is 0.326 e. The number of H-pyrrole nitrogens is 1. The molecule has 2 aromatic rings. The second-order valence-corrected chi connectivity index (χ2v) is 5.50. The number of carbonyl (C=O) groups is 2. The molecule has 0 saturated heterocycles. The molecule has 0 bridgehead atoms. The lowest BCUT2D eigenvalue weighted by molar-refractivity contribution is -0.142. The van der Waals surface area contributed by atoms with Crippen molar-refractivity contribution in [1.29, 1.82) is 0 Å². The van der Waals surface area contributed by atoms with Crippen LogP contribution < -0.4 is 5.32 Å². The number of aliphatic carboxylic acids is 1. The van der Waals surface area contributed by atoms with Crippen LogP contribution in [0.3, 0.4) is 0 Å². The van der Waals surface area contributed by atoms with Crippen LogP contribution in [0.5, 0.6) is 0 Å². The van der Waals surface area contributed by atoms with Gasteiger partial charge in [-0.15, -0.1) is 0 Å². The molecule has 0 aliphatic rings. The zero-order valence-corrected chi connectivity index (χ0v) is 12.8. The highest BCUT2D eigenvalue weighted by molar-refractivity contribution is 5.84. The molecule has 0 saturated carbocycles. The van der Waals surface area contributed by atoms with Gasteiger partial charge in [0, 0.05) is 18.1 Å². The zero-order chi connectivity index (χ0) is 15.9. The monoisotopic (exact) mass is 302 g/mol. The summed E-state index contributed by atoms with van der Waals surface area (Å²) in [4.78, 5) is 26.2. The predicted molar refractivity (Wildman–Crippen MR) is 85.7 cm³/mol. The van der Waals surface area contributed by atoms with Crippen LogP contribution in [0, 0.1) is 0 Å². The van der Waals surface area contributed by atoms with E-state index in [1.165, 1.54) is 0 Å². The molecule has 1 heterocycles. The van der Waals surface area contributed by atoms with Gasteiger partial charge in [-0.1, -0.05) is 25.8 Å². The molecule has 0 aliphatic carbocycles. The number of carboxylic acids is 1. The first-order valence-corrected chi connectivity index (χ1v) is 7.68. The lowest BCUT2D eigenvalue weighted by atomic mass is 10.1. The minimum Gasteiger partial charge on any atom is -0.480 e. The van der Waals surface area contributed by atoms with Gasteiger partial charge >= 0.3 is 5.97 Å². The highest BCUT2D eigenvalue weighted by atomic mass is 16.4. The number of fused-ring (bicyclic) bond motifs is 1. The minimum atomic E-state index is -0.962. The fourth-order valence-electron chi connectivity index (χ4n) is 2.45. The van der Waals surface area contributed by atoms with Gasteiger partial charge in [-0.3, -0.25) is 4.79 Å². The molecule has 1 atom stereocenters. The molecule has 0 radical (unpaired) electrons. The number of amides is 1. The number of unbranched alkanes of at least 4 members (excludes halogenated alkanes) is 1. The van der Waals surface area contributed by atoms with E-state index >= 15 is 0 Å². The van der Waals surface area contributed by atoms with Crippen molar-refractivity contribution < 1.29 is 14.7 Å². The molecule has 1 amide bonds. The third-order valence-electron chi connectivity index (χ3n) is 3.74. The molecule has 2 rings (SSSR count). The average molecular weight is 302 g/mol. The third kappa shape index (κ3) is 4.35. The Morgan fingerprint density at radius 3 is 2.86 bits per heavy atom. The molecule has 1 aromatic heterocycles. The van der Waals surface area contributed by atoms with Crippen LogP contribution in [-0.2, 0) is 16.0 Å². The number of aryl methyl sites for hydroxylation is 1. The Bertz CT molecular complexity index is 648. The van der Waals surface area contributed by atoms with E-state index in [2.05, 4.69) is 10.3 Å². The van der Waals surface area contributed by atoms with Crippen LogP contribution in [-0.4, -0.2) is 28.0 Å². The topological polar surface area (TPSA) is 82.2 Å². The summed E-state index contributed by atoms with van der Waals surface area (Å²) in [7, 11) is 0. The normalized spacial score (nSPS) is 12.2. The SMILES string of the molecule is CCCCC(NC(=O)CCc1ccc2[nH]ccc2c1)C(=O)O. The Morgan fingerprint density at radius 2 is 2.14 bits per heavy atom. The first-order chi connectivity index (χ1) is 10.6. The highest BCUT2D eigenvalue weighted by Crippen LogP contribution is 2.15. The van der Waals surface area contributed by atoms with Crippen LogP contribution in [0.1, 0.15) is 38.2 Å². The average Bonchev–Trinajstić information content (AvgIpc) is 2.96. The summed E-state index contributed by atoms with van der Waals surface area (Å²) in [6, 6.07) is 7.23. The van der Waals surface area contributed by atoms with E-state index in [-0.39, 0.29) is 5.91 Å². The highest BCUT2D eigenvalue weighted by Gasteiger charge is 2.18. The second-order valence-electron chi connectivity index (χ2n) is 5.50. The van der Waals surface area contributed by atoms with Gasteiger partial charge in [0.05, 0.1) is 0 Å². The zero-order valence-electron chi connectivity index (χ0n) is 12.8. The first-order valence-electron chi connectivity index (χ1n) is 7.68. The lowest BCUT2D eigenvalue weighted by Crippen LogP contribution is -2.40. The number of rotatable bonds is 8. The van der Waals surface area contributed by atoms with Crippen molar-refractivity contribution >= 4 is 22.8 Å². The number of carboxylic acid groups (broad SMARTS) is 1. The third-order valence-corrected chi connectivity index (χ3v) is 3.74. The summed E-state index contributed by atoms with van der Waals surface area (Å²) < 4.78 is 0. The fourth-order valence-corrected chi connectivity index (χ4v) is 2.45. The number of hydrogen-bond acceptors (Lipinski definition) is 2. The Balaban J connectivity index is 1.86. The number of aromatic nitrogens is 1. The molecule has 0 spiro atoms. The minimum absolute atomic E-state index is 0.210. The molecular formula is C17H22N2O3. The number of nitrogens with one attached hydrogen (secondary N) is 2. The van der Waals surface area contributed by atoms with Gasteiger partial charge in [0.15, 0.2) is 0 Å². The van der Waals surface area contributed by atoms with E-state index in [0.29, 0.717) is 19.3 Å². The van der Waals surface area contributed by atoms with E-state index < -0.39 is 12.0 Å². The van der Waals surface area contributed by atoms with Crippen molar-refractivity contribution in [3.05, 3.63) is 36.0 Å². The Hall–Kier alpha value is -2.30. The number of aromatic amines is 1. The van der Waals surface area contributed by atoms with Crippen LogP contribution >= 0.6 is 0 Å².